The van der Waals surface area contributed by atoms with E-state index in [1.54, 1.807) is 0 Å². The van der Waals surface area contributed by atoms with E-state index in [-0.39, 0.29) is 25.6 Å². The molecule has 0 aromatic rings. The first-order chi connectivity index (χ1) is 25.0. The number of phosphoric ester groups is 1. The molecule has 2 unspecified atom stereocenters. The van der Waals surface area contributed by atoms with Crippen LogP contribution in [0.4, 0.5) is 0 Å². The maximum atomic E-state index is 12.7. The van der Waals surface area contributed by atoms with E-state index in [9.17, 15) is 19.0 Å². The zero-order valence-electron chi connectivity index (χ0n) is 34.8. The fraction of sp³-hybridized carbons (Fsp3) is 0.952. The van der Waals surface area contributed by atoms with Gasteiger partial charge in [-0.2, -0.15) is 0 Å². The number of likely N-dealkylation sites (N-methyl/N-ethyl adjacent to an activating group) is 1. The number of quaternary nitrogens is 1. The van der Waals surface area contributed by atoms with E-state index in [1.807, 2.05) is 21.1 Å². The fourth-order valence-electron chi connectivity index (χ4n) is 6.19. The highest BCUT2D eigenvalue weighted by Crippen LogP contribution is 2.43. The Labute approximate surface area is 321 Å². The zero-order valence-corrected chi connectivity index (χ0v) is 35.7. The number of hydrogen-bond acceptors (Lipinski definition) is 7. The number of unbranched alkanes of at least 4 members (excludes halogenated alkanes) is 26. The third-order valence-corrected chi connectivity index (χ3v) is 10.6. The first-order valence-electron chi connectivity index (χ1n) is 21.8. The van der Waals surface area contributed by atoms with Crippen molar-refractivity contribution in [1.29, 1.82) is 0 Å². The molecule has 0 aliphatic heterocycles. The molecule has 9 nitrogen and oxygen atoms in total. The molecule has 0 saturated carbocycles. The smallest absolute Gasteiger partial charge is 0.462 e. The molecular weight excluding hydrogens is 677 g/mol. The van der Waals surface area contributed by atoms with Crippen LogP contribution in [0.25, 0.3) is 0 Å². The summed E-state index contributed by atoms with van der Waals surface area (Å²) in [5.74, 6) is -0.787. The van der Waals surface area contributed by atoms with Crippen molar-refractivity contribution in [3.8, 4) is 0 Å². The lowest BCUT2D eigenvalue weighted by Crippen LogP contribution is -2.37. The molecule has 0 rings (SSSR count). The molecule has 0 spiro atoms. The van der Waals surface area contributed by atoms with Crippen molar-refractivity contribution in [2.45, 2.75) is 213 Å². The van der Waals surface area contributed by atoms with Gasteiger partial charge in [0.15, 0.2) is 6.10 Å². The summed E-state index contributed by atoms with van der Waals surface area (Å²) in [6.07, 6.45) is 34.3. The number of esters is 2. The van der Waals surface area contributed by atoms with Crippen molar-refractivity contribution < 1.29 is 42.1 Å². The lowest BCUT2D eigenvalue weighted by Gasteiger charge is -2.24. The molecule has 0 saturated heterocycles. The highest BCUT2D eigenvalue weighted by atomic mass is 31.2. The van der Waals surface area contributed by atoms with Gasteiger partial charge in [0.05, 0.1) is 27.7 Å². The topological polar surface area (TPSA) is 108 Å². The lowest BCUT2D eigenvalue weighted by molar-refractivity contribution is -0.870. The number of carbonyl (C=O) groups excluding carboxylic acids is 2. The number of ether oxygens (including phenoxy) is 2. The molecular formula is C42H85NO8P+. The van der Waals surface area contributed by atoms with E-state index in [2.05, 4.69) is 13.8 Å². The highest BCUT2D eigenvalue weighted by molar-refractivity contribution is 7.47. The second-order valence-corrected chi connectivity index (χ2v) is 17.6. The van der Waals surface area contributed by atoms with Crippen LogP contribution in [0.2, 0.25) is 0 Å². The Balaban J connectivity index is 4.27. The molecule has 0 heterocycles. The molecule has 0 aromatic carbocycles. The zero-order chi connectivity index (χ0) is 38.6. The molecule has 0 amide bonds. The largest absolute Gasteiger partial charge is 0.472 e. The molecule has 0 bridgehead atoms. The van der Waals surface area contributed by atoms with Crippen molar-refractivity contribution in [3.05, 3.63) is 0 Å². The Hall–Kier alpha value is -0.990. The monoisotopic (exact) mass is 763 g/mol. The van der Waals surface area contributed by atoms with Gasteiger partial charge in [-0.25, -0.2) is 4.57 Å². The Morgan fingerprint density at radius 1 is 0.519 bits per heavy atom. The first-order valence-corrected chi connectivity index (χ1v) is 23.3. The minimum atomic E-state index is -4.36. The van der Waals surface area contributed by atoms with Crippen LogP contribution in [-0.2, 0) is 32.7 Å². The quantitative estimate of drug-likeness (QED) is 0.0284. The molecule has 2 atom stereocenters. The van der Waals surface area contributed by atoms with Crippen LogP contribution in [0.3, 0.4) is 0 Å². The standard InChI is InChI=1S/C42H84NO8P/c1-6-8-10-12-14-16-18-19-20-21-22-23-24-25-27-29-31-33-35-42(45)51-40(39-50-52(46,47)49-37-36-43(3,4)5)38-48-41(44)34-32-30-28-26-17-15-13-11-9-7-2/h40H,6-39H2,1-5H3/p+1. The van der Waals surface area contributed by atoms with Crippen LogP contribution in [-0.4, -0.2) is 74.9 Å². The van der Waals surface area contributed by atoms with E-state index in [0.717, 1.165) is 38.5 Å². The fourth-order valence-corrected chi connectivity index (χ4v) is 6.93. The molecule has 0 fully saturated rings. The van der Waals surface area contributed by atoms with Gasteiger partial charge in [-0.1, -0.05) is 181 Å². The minimum absolute atomic E-state index is 0.0366. The maximum Gasteiger partial charge on any atom is 0.472 e. The highest BCUT2D eigenvalue weighted by Gasteiger charge is 2.27. The summed E-state index contributed by atoms with van der Waals surface area (Å²) in [6, 6.07) is 0. The van der Waals surface area contributed by atoms with Gasteiger partial charge in [0.25, 0.3) is 0 Å². The summed E-state index contributed by atoms with van der Waals surface area (Å²) >= 11 is 0. The van der Waals surface area contributed by atoms with Crippen molar-refractivity contribution in [2.24, 2.45) is 0 Å². The molecule has 0 aromatic heterocycles. The lowest BCUT2D eigenvalue weighted by atomic mass is 10.0. The summed E-state index contributed by atoms with van der Waals surface area (Å²) in [5, 5.41) is 0. The van der Waals surface area contributed by atoms with E-state index in [1.165, 1.54) is 141 Å². The molecule has 0 radical (unpaired) electrons. The average Bonchev–Trinajstić information content (AvgIpc) is 3.09. The second kappa shape index (κ2) is 35.7. The van der Waals surface area contributed by atoms with Gasteiger partial charge in [0.2, 0.25) is 0 Å². The Kier molecular flexibility index (Phi) is 35.0. The summed E-state index contributed by atoms with van der Waals surface area (Å²) < 4.78 is 34.2. The predicted octanol–water partition coefficient (Wildman–Crippen LogP) is 12.0. The van der Waals surface area contributed by atoms with Gasteiger partial charge in [-0.15, -0.1) is 0 Å². The summed E-state index contributed by atoms with van der Waals surface area (Å²) in [5.41, 5.74) is 0. The third-order valence-electron chi connectivity index (χ3n) is 9.64. The predicted molar refractivity (Wildman–Crippen MR) is 215 cm³/mol. The van der Waals surface area contributed by atoms with Crippen molar-refractivity contribution in [1.82, 2.24) is 0 Å². The van der Waals surface area contributed by atoms with Crippen LogP contribution in [0.1, 0.15) is 206 Å². The van der Waals surface area contributed by atoms with Gasteiger partial charge in [0, 0.05) is 12.8 Å². The Morgan fingerprint density at radius 2 is 0.865 bits per heavy atom. The van der Waals surface area contributed by atoms with Crippen LogP contribution in [0, 0.1) is 0 Å². The van der Waals surface area contributed by atoms with Gasteiger partial charge < -0.3 is 18.9 Å². The average molecular weight is 763 g/mol. The van der Waals surface area contributed by atoms with Crippen LogP contribution in [0.15, 0.2) is 0 Å². The summed E-state index contributed by atoms with van der Waals surface area (Å²) in [4.78, 5) is 35.2. The van der Waals surface area contributed by atoms with Crippen LogP contribution >= 0.6 is 7.82 Å². The van der Waals surface area contributed by atoms with Gasteiger partial charge in [0.1, 0.15) is 19.8 Å². The second-order valence-electron chi connectivity index (χ2n) is 16.1. The number of rotatable bonds is 40. The van der Waals surface area contributed by atoms with Gasteiger partial charge in [-0.3, -0.25) is 18.6 Å². The molecule has 0 aliphatic rings. The van der Waals surface area contributed by atoms with E-state index < -0.39 is 26.5 Å². The van der Waals surface area contributed by atoms with Crippen LogP contribution < -0.4 is 0 Å². The number of nitrogens with zero attached hydrogens (tertiary/aromatic N) is 1. The summed E-state index contributed by atoms with van der Waals surface area (Å²) in [6.45, 7) is 4.44. The van der Waals surface area contributed by atoms with E-state index >= 15 is 0 Å². The normalized spacial score (nSPS) is 13.6. The summed E-state index contributed by atoms with van der Waals surface area (Å²) in [7, 11) is 1.49. The number of carbonyl (C=O) groups is 2. The van der Waals surface area contributed by atoms with E-state index in [4.69, 9.17) is 18.5 Å². The molecule has 0 aliphatic carbocycles. The Morgan fingerprint density at radius 3 is 1.23 bits per heavy atom. The van der Waals surface area contributed by atoms with Crippen molar-refractivity contribution in [2.75, 3.05) is 47.5 Å². The van der Waals surface area contributed by atoms with E-state index in [0.29, 0.717) is 17.4 Å². The van der Waals surface area contributed by atoms with Gasteiger partial charge >= 0.3 is 19.8 Å². The molecule has 310 valence electrons. The first kappa shape index (κ1) is 51.0. The Bertz CT molecular complexity index is 865. The maximum absolute atomic E-state index is 12.7. The third kappa shape index (κ3) is 38.7. The van der Waals surface area contributed by atoms with Crippen molar-refractivity contribution in [3.63, 3.8) is 0 Å². The van der Waals surface area contributed by atoms with Crippen LogP contribution in [0.5, 0.6) is 0 Å². The SMILES string of the molecule is CCCCCCCCCCCCCCCCCCCCC(=O)OC(COC(=O)CCCCCCCCCCCC)COP(=O)(O)OCC[N+](C)(C)C. The molecule has 10 heteroatoms. The molecule has 1 N–H and O–H groups in total. The minimum Gasteiger partial charge on any atom is -0.462 e. The number of hydrogen-bond donors (Lipinski definition) is 1. The van der Waals surface area contributed by atoms with Crippen molar-refractivity contribution >= 4 is 19.8 Å². The molecule has 52 heavy (non-hydrogen) atoms. The van der Waals surface area contributed by atoms with Gasteiger partial charge in [-0.05, 0) is 12.8 Å². The number of phosphoric acid groups is 1.